The van der Waals surface area contributed by atoms with Gasteiger partial charge in [0.05, 0.1) is 11.1 Å². The third-order valence-corrected chi connectivity index (χ3v) is 2.66. The first-order valence-electron chi connectivity index (χ1n) is 6.02. The lowest BCUT2D eigenvalue weighted by Crippen LogP contribution is -2.13. The fraction of sp³-hybridized carbons (Fsp3) is 0.385. The van der Waals surface area contributed by atoms with Crippen molar-refractivity contribution < 1.29 is 24.9 Å². The van der Waals surface area contributed by atoms with E-state index in [2.05, 4.69) is 5.32 Å². The van der Waals surface area contributed by atoms with Gasteiger partial charge in [-0.2, -0.15) is 0 Å². The Morgan fingerprint density at radius 1 is 1.05 bits per heavy atom. The highest BCUT2D eigenvalue weighted by atomic mass is 16.4. The van der Waals surface area contributed by atoms with Crippen LogP contribution in [0.15, 0.2) is 18.2 Å². The molecule has 0 saturated carbocycles. The third-order valence-electron chi connectivity index (χ3n) is 2.66. The predicted octanol–water partition coefficient (Wildman–Crippen LogP) is 1.66. The van der Waals surface area contributed by atoms with Gasteiger partial charge in [0.25, 0.3) is 0 Å². The maximum Gasteiger partial charge on any atom is 0.338 e. The number of aromatic carboxylic acids is 2. The molecule has 19 heavy (non-hydrogen) atoms. The predicted molar refractivity (Wildman–Crippen MR) is 69.8 cm³/mol. The van der Waals surface area contributed by atoms with Crippen molar-refractivity contribution in [3.8, 4) is 0 Å². The van der Waals surface area contributed by atoms with E-state index >= 15 is 0 Å². The molecule has 1 rings (SSSR count). The Kier molecular flexibility index (Phi) is 5.81. The van der Waals surface area contributed by atoms with Crippen LogP contribution < -0.4 is 5.32 Å². The first-order chi connectivity index (χ1) is 9.07. The lowest BCUT2D eigenvalue weighted by atomic mass is 10.1. The van der Waals surface area contributed by atoms with Crippen molar-refractivity contribution in [3.05, 3.63) is 29.3 Å². The number of benzene rings is 1. The molecule has 4 N–H and O–H groups in total. The number of hydrogen-bond acceptors (Lipinski definition) is 4. The molecular formula is C13H17NO5. The van der Waals surface area contributed by atoms with Gasteiger partial charge in [-0.25, -0.2) is 9.59 Å². The van der Waals surface area contributed by atoms with E-state index in [4.69, 9.17) is 15.3 Å². The normalized spacial score (nSPS) is 10.2. The molecule has 0 radical (unpaired) electrons. The summed E-state index contributed by atoms with van der Waals surface area (Å²) in [7, 11) is 0. The van der Waals surface area contributed by atoms with Crippen molar-refractivity contribution in [1.82, 2.24) is 0 Å². The summed E-state index contributed by atoms with van der Waals surface area (Å²) in [5.74, 6) is -2.53. The average molecular weight is 267 g/mol. The lowest BCUT2D eigenvalue weighted by Gasteiger charge is -2.11. The highest BCUT2D eigenvalue weighted by Crippen LogP contribution is 2.20. The van der Waals surface area contributed by atoms with Gasteiger partial charge in [-0.15, -0.1) is 0 Å². The molecule has 6 nitrogen and oxygen atoms in total. The van der Waals surface area contributed by atoms with Crippen molar-refractivity contribution in [3.63, 3.8) is 0 Å². The summed E-state index contributed by atoms with van der Waals surface area (Å²) >= 11 is 0. The van der Waals surface area contributed by atoms with Gasteiger partial charge in [0.15, 0.2) is 0 Å². The minimum atomic E-state index is -1.27. The second-order valence-corrected chi connectivity index (χ2v) is 4.05. The number of aliphatic hydroxyl groups excluding tert-OH is 1. The largest absolute Gasteiger partial charge is 0.478 e. The van der Waals surface area contributed by atoms with Crippen molar-refractivity contribution in [2.45, 2.75) is 19.3 Å². The number of aliphatic hydroxyl groups is 1. The van der Waals surface area contributed by atoms with E-state index in [1.807, 2.05) is 0 Å². The summed E-state index contributed by atoms with van der Waals surface area (Å²) in [6, 6.07) is 4.32. The molecule has 0 bridgehead atoms. The molecule has 104 valence electrons. The summed E-state index contributed by atoms with van der Waals surface area (Å²) in [4.78, 5) is 22.1. The molecule has 0 aliphatic rings. The number of hydrogen-bond donors (Lipinski definition) is 4. The van der Waals surface area contributed by atoms with E-state index in [1.165, 1.54) is 12.1 Å². The first kappa shape index (κ1) is 15.0. The molecule has 0 aromatic heterocycles. The van der Waals surface area contributed by atoms with Crippen LogP contribution in [0.2, 0.25) is 0 Å². The molecular weight excluding hydrogens is 250 g/mol. The van der Waals surface area contributed by atoms with E-state index in [9.17, 15) is 9.59 Å². The van der Waals surface area contributed by atoms with Gasteiger partial charge in [-0.3, -0.25) is 0 Å². The molecule has 6 heteroatoms. The van der Waals surface area contributed by atoms with Gasteiger partial charge in [0, 0.05) is 18.8 Å². The summed E-state index contributed by atoms with van der Waals surface area (Å²) in [5.41, 5.74) is -0.151. The molecule has 1 aromatic carbocycles. The monoisotopic (exact) mass is 267 g/mol. The van der Waals surface area contributed by atoms with Crippen molar-refractivity contribution in [2.24, 2.45) is 0 Å². The second kappa shape index (κ2) is 7.38. The van der Waals surface area contributed by atoms with Crippen LogP contribution in [0.3, 0.4) is 0 Å². The fourth-order valence-electron chi connectivity index (χ4n) is 1.74. The standard InChI is InChI=1S/C13H17NO5/c15-8-3-1-2-7-14-10-6-4-5-9(12(16)17)11(10)13(18)19/h4-6,14-15H,1-3,7-8H2,(H,16,17)(H,18,19). The Hall–Kier alpha value is -2.08. The fourth-order valence-corrected chi connectivity index (χ4v) is 1.74. The zero-order chi connectivity index (χ0) is 14.3. The Labute approximate surface area is 110 Å². The van der Waals surface area contributed by atoms with Crippen molar-refractivity contribution >= 4 is 17.6 Å². The van der Waals surface area contributed by atoms with Crippen LogP contribution in [0.1, 0.15) is 40.0 Å². The molecule has 0 atom stereocenters. The minimum absolute atomic E-state index is 0.134. The second-order valence-electron chi connectivity index (χ2n) is 4.05. The van der Waals surface area contributed by atoms with E-state index in [1.54, 1.807) is 6.07 Å². The topological polar surface area (TPSA) is 107 Å². The van der Waals surface area contributed by atoms with Crippen LogP contribution in [0.4, 0.5) is 5.69 Å². The Morgan fingerprint density at radius 2 is 1.79 bits per heavy atom. The molecule has 0 amide bonds. The molecule has 0 unspecified atom stereocenters. The molecule has 0 fully saturated rings. The van der Waals surface area contributed by atoms with E-state index in [0.717, 1.165) is 12.8 Å². The summed E-state index contributed by atoms with van der Waals surface area (Å²) in [5, 5.41) is 29.6. The van der Waals surface area contributed by atoms with Crippen LogP contribution in [-0.2, 0) is 0 Å². The Morgan fingerprint density at radius 3 is 2.37 bits per heavy atom. The first-order valence-corrected chi connectivity index (χ1v) is 6.02. The Balaban J connectivity index is 2.80. The minimum Gasteiger partial charge on any atom is -0.478 e. The number of rotatable bonds is 8. The molecule has 0 saturated heterocycles. The van der Waals surface area contributed by atoms with Crippen LogP contribution in [0.25, 0.3) is 0 Å². The maximum atomic E-state index is 11.1. The van der Waals surface area contributed by atoms with Gasteiger partial charge >= 0.3 is 11.9 Å². The van der Waals surface area contributed by atoms with Crippen LogP contribution in [0, 0.1) is 0 Å². The van der Waals surface area contributed by atoms with Crippen molar-refractivity contribution in [1.29, 1.82) is 0 Å². The zero-order valence-electron chi connectivity index (χ0n) is 10.4. The highest BCUT2D eigenvalue weighted by Gasteiger charge is 2.19. The number of carboxylic acids is 2. The van der Waals surface area contributed by atoms with E-state index in [-0.39, 0.29) is 17.7 Å². The average Bonchev–Trinajstić information content (AvgIpc) is 2.37. The number of carboxylic acid groups (broad SMARTS) is 2. The molecule has 1 aromatic rings. The van der Waals surface area contributed by atoms with Crippen LogP contribution >= 0.6 is 0 Å². The Bertz CT molecular complexity index is 458. The lowest BCUT2D eigenvalue weighted by molar-refractivity contribution is 0.0652. The smallest absolute Gasteiger partial charge is 0.338 e. The van der Waals surface area contributed by atoms with Gasteiger partial charge in [0.2, 0.25) is 0 Å². The quantitative estimate of drug-likeness (QED) is 0.534. The van der Waals surface area contributed by atoms with Crippen molar-refractivity contribution in [2.75, 3.05) is 18.5 Å². The SMILES string of the molecule is O=C(O)c1cccc(NCCCCCO)c1C(=O)O. The van der Waals surface area contributed by atoms with Gasteiger partial charge in [-0.05, 0) is 31.4 Å². The third kappa shape index (κ3) is 4.26. The van der Waals surface area contributed by atoms with Crippen LogP contribution in [0.5, 0.6) is 0 Å². The molecule has 0 heterocycles. The van der Waals surface area contributed by atoms with Gasteiger partial charge in [-0.1, -0.05) is 6.07 Å². The van der Waals surface area contributed by atoms with Crippen LogP contribution in [-0.4, -0.2) is 40.4 Å². The summed E-state index contributed by atoms with van der Waals surface area (Å²) in [6.07, 6.45) is 2.30. The highest BCUT2D eigenvalue weighted by molar-refractivity contribution is 6.05. The maximum absolute atomic E-state index is 11.1. The van der Waals surface area contributed by atoms with E-state index in [0.29, 0.717) is 18.7 Å². The number of nitrogens with one attached hydrogen (secondary N) is 1. The summed E-state index contributed by atoms with van der Waals surface area (Å²) < 4.78 is 0. The van der Waals surface area contributed by atoms with Gasteiger partial charge < -0.3 is 20.6 Å². The zero-order valence-corrected chi connectivity index (χ0v) is 10.4. The van der Waals surface area contributed by atoms with E-state index < -0.39 is 11.9 Å². The number of anilines is 1. The molecule has 0 aliphatic carbocycles. The molecule has 0 aliphatic heterocycles. The number of carbonyl (C=O) groups is 2. The van der Waals surface area contributed by atoms with Gasteiger partial charge in [0.1, 0.15) is 0 Å². The number of unbranched alkanes of at least 4 members (excludes halogenated alkanes) is 2. The summed E-state index contributed by atoms with van der Waals surface area (Å²) in [6.45, 7) is 0.665. The molecule has 0 spiro atoms.